The Morgan fingerprint density at radius 2 is 2.00 bits per heavy atom. The van der Waals surface area contributed by atoms with Crippen molar-refractivity contribution in [1.29, 1.82) is 0 Å². The van der Waals surface area contributed by atoms with Crippen molar-refractivity contribution >= 4 is 20.0 Å². The van der Waals surface area contributed by atoms with E-state index < -0.39 is 8.38 Å². The molecule has 1 aliphatic heterocycles. The molecular weight excluding hydrogens is 389 g/mol. The maximum absolute atomic E-state index is 12.0. The van der Waals surface area contributed by atoms with E-state index >= 15 is 0 Å². The molecule has 29 heavy (non-hydrogen) atoms. The molecule has 0 spiro atoms. The summed E-state index contributed by atoms with van der Waals surface area (Å²) in [5, 5.41) is 10.1. The quantitative estimate of drug-likeness (QED) is 0.299. The number of ether oxygens (including phenoxy) is 1. The Labute approximate surface area is 176 Å². The molecule has 1 unspecified atom stereocenters. The summed E-state index contributed by atoms with van der Waals surface area (Å²) in [6, 6.07) is 5.59. The predicted molar refractivity (Wildman–Crippen MR) is 118 cm³/mol. The van der Waals surface area contributed by atoms with Crippen LogP contribution in [0.2, 0.25) is 0 Å². The number of benzene rings is 1. The van der Waals surface area contributed by atoms with Gasteiger partial charge < -0.3 is 23.8 Å². The van der Waals surface area contributed by atoms with Crippen LogP contribution in [0.4, 0.5) is 5.69 Å². The van der Waals surface area contributed by atoms with Crippen LogP contribution < -0.4 is 4.90 Å². The van der Waals surface area contributed by atoms with E-state index in [9.17, 15) is 9.90 Å². The van der Waals surface area contributed by atoms with Crippen molar-refractivity contribution in [3.63, 3.8) is 0 Å². The molecule has 1 aromatic carbocycles. The van der Waals surface area contributed by atoms with Crippen LogP contribution in [0.5, 0.6) is 5.75 Å². The zero-order valence-electron chi connectivity index (χ0n) is 18.4. The molecule has 0 radical (unpaired) electrons. The fourth-order valence-corrected chi connectivity index (χ4v) is 5.17. The van der Waals surface area contributed by atoms with Gasteiger partial charge in [0.2, 0.25) is 0 Å². The molecule has 0 saturated heterocycles. The second-order valence-electron chi connectivity index (χ2n) is 8.17. The summed E-state index contributed by atoms with van der Waals surface area (Å²) in [6.45, 7) is 7.76. The molecular formula is C22H36NO5P. The van der Waals surface area contributed by atoms with Crippen LogP contribution in [0.1, 0.15) is 64.4 Å². The number of phenolic OH excluding ortho intramolecular Hbond substituents is 1. The van der Waals surface area contributed by atoms with Crippen LogP contribution in [0.15, 0.2) is 18.2 Å². The molecule has 0 aromatic heterocycles. The molecule has 1 aliphatic rings. The van der Waals surface area contributed by atoms with Gasteiger partial charge in [-0.25, -0.2) is 0 Å². The Hall–Kier alpha value is -1.36. The molecule has 1 aromatic rings. The Balaban J connectivity index is 2.13. The van der Waals surface area contributed by atoms with Gasteiger partial charge in [-0.3, -0.25) is 4.79 Å². The van der Waals surface area contributed by atoms with E-state index in [0.717, 1.165) is 44.1 Å². The number of unbranched alkanes of at least 4 members (excludes halogenated alkanes) is 1. The van der Waals surface area contributed by atoms with Gasteiger partial charge in [0.05, 0.1) is 6.61 Å². The minimum absolute atomic E-state index is 0.111. The van der Waals surface area contributed by atoms with E-state index in [4.69, 9.17) is 13.8 Å². The highest BCUT2D eigenvalue weighted by Gasteiger charge is 2.39. The highest BCUT2D eigenvalue weighted by Crippen LogP contribution is 2.50. The van der Waals surface area contributed by atoms with Gasteiger partial charge in [0.1, 0.15) is 5.75 Å². The minimum Gasteiger partial charge on any atom is -0.508 e. The van der Waals surface area contributed by atoms with Crippen LogP contribution >= 0.6 is 8.38 Å². The summed E-state index contributed by atoms with van der Waals surface area (Å²) < 4.78 is 16.3. The monoisotopic (exact) mass is 425 g/mol. The number of hydrogen-bond acceptors (Lipinski definition) is 6. The van der Waals surface area contributed by atoms with E-state index in [-0.39, 0.29) is 17.3 Å². The molecule has 1 N–H and O–H groups in total. The Morgan fingerprint density at radius 3 is 2.66 bits per heavy atom. The third kappa shape index (κ3) is 6.56. The third-order valence-corrected chi connectivity index (χ3v) is 7.08. The van der Waals surface area contributed by atoms with Crippen molar-refractivity contribution in [2.45, 2.75) is 64.3 Å². The maximum atomic E-state index is 12.0. The minimum atomic E-state index is -0.936. The number of aromatic hydroxyl groups is 1. The number of phenols is 1. The zero-order valence-corrected chi connectivity index (χ0v) is 19.3. The molecule has 0 aliphatic carbocycles. The van der Waals surface area contributed by atoms with Crippen LogP contribution in [0, 0.1) is 0 Å². The summed E-state index contributed by atoms with van der Waals surface area (Å²) in [7, 11) is 2.44. The van der Waals surface area contributed by atoms with Crippen molar-refractivity contribution in [3.8, 4) is 5.75 Å². The van der Waals surface area contributed by atoms with E-state index in [1.165, 1.54) is 5.56 Å². The lowest BCUT2D eigenvalue weighted by Gasteiger charge is -2.48. The average molecular weight is 426 g/mol. The first-order valence-corrected chi connectivity index (χ1v) is 11.8. The van der Waals surface area contributed by atoms with Gasteiger partial charge >= 0.3 is 5.97 Å². The number of fused-ring (bicyclic) bond motifs is 1. The van der Waals surface area contributed by atoms with E-state index in [1.807, 2.05) is 12.1 Å². The predicted octanol–water partition coefficient (Wildman–Crippen LogP) is 5.19. The van der Waals surface area contributed by atoms with Crippen molar-refractivity contribution in [2.24, 2.45) is 0 Å². The second-order valence-corrected chi connectivity index (χ2v) is 9.93. The zero-order chi connectivity index (χ0) is 21.4. The molecule has 1 heterocycles. The lowest BCUT2D eigenvalue weighted by atomic mass is 9.79. The average Bonchev–Trinajstić information content (AvgIpc) is 2.67. The van der Waals surface area contributed by atoms with Crippen molar-refractivity contribution in [2.75, 3.05) is 38.4 Å². The van der Waals surface area contributed by atoms with Gasteiger partial charge in [0, 0.05) is 50.6 Å². The highest BCUT2D eigenvalue weighted by atomic mass is 31.2. The Kier molecular flexibility index (Phi) is 9.19. The fraction of sp³-hybridized carbons (Fsp3) is 0.682. The van der Waals surface area contributed by atoms with Gasteiger partial charge in [-0.05, 0) is 50.7 Å². The topological polar surface area (TPSA) is 68.2 Å². The van der Waals surface area contributed by atoms with Crippen molar-refractivity contribution in [3.05, 3.63) is 23.8 Å². The summed E-state index contributed by atoms with van der Waals surface area (Å²) in [4.78, 5) is 14.3. The molecule has 6 nitrogen and oxygen atoms in total. The molecule has 2 rings (SSSR count). The lowest BCUT2D eigenvalue weighted by Crippen LogP contribution is -2.49. The largest absolute Gasteiger partial charge is 0.508 e. The SMILES string of the molecule is CCCCOC(=O)CCCN1c2cc(O)ccc2C(CP(OC)OC)CC1(C)C. The van der Waals surface area contributed by atoms with Gasteiger partial charge in [-0.15, -0.1) is 0 Å². The number of anilines is 1. The number of nitrogens with zero attached hydrogens (tertiary/aromatic N) is 1. The van der Waals surface area contributed by atoms with Gasteiger partial charge in [0.25, 0.3) is 0 Å². The molecule has 0 bridgehead atoms. The standard InChI is InChI=1S/C22H36NO5P/c1-6-7-13-28-21(25)9-8-12-23-20-14-18(24)10-11-19(20)17(15-22(23,2)3)16-29(26-4)27-5/h10-11,14,17,24H,6-9,12-13,15-16H2,1-5H3. The van der Waals surface area contributed by atoms with Gasteiger partial charge in [0.15, 0.2) is 8.38 Å². The van der Waals surface area contributed by atoms with E-state index in [2.05, 4.69) is 25.7 Å². The number of rotatable bonds is 11. The smallest absolute Gasteiger partial charge is 0.305 e. The first-order chi connectivity index (χ1) is 13.8. The van der Waals surface area contributed by atoms with Crippen LogP contribution in [0.25, 0.3) is 0 Å². The van der Waals surface area contributed by atoms with E-state index in [1.54, 1.807) is 20.3 Å². The molecule has 1 atom stereocenters. The number of carbonyl (C=O) groups is 1. The second kappa shape index (κ2) is 11.1. The molecule has 0 amide bonds. The van der Waals surface area contributed by atoms with Crippen molar-refractivity contribution in [1.82, 2.24) is 0 Å². The number of esters is 1. The summed E-state index contributed by atoms with van der Waals surface area (Å²) >= 11 is 0. The van der Waals surface area contributed by atoms with Crippen molar-refractivity contribution < 1.29 is 23.7 Å². The molecule has 7 heteroatoms. The summed E-state index contributed by atoms with van der Waals surface area (Å²) in [6.07, 6.45) is 4.83. The van der Waals surface area contributed by atoms with Gasteiger partial charge in [-0.1, -0.05) is 19.4 Å². The van der Waals surface area contributed by atoms with Crippen LogP contribution in [-0.4, -0.2) is 50.1 Å². The lowest BCUT2D eigenvalue weighted by molar-refractivity contribution is -0.143. The van der Waals surface area contributed by atoms with E-state index in [0.29, 0.717) is 18.9 Å². The van der Waals surface area contributed by atoms with Gasteiger partial charge in [-0.2, -0.15) is 0 Å². The first kappa shape index (κ1) is 23.9. The summed E-state index contributed by atoms with van der Waals surface area (Å²) in [5.41, 5.74) is 2.13. The maximum Gasteiger partial charge on any atom is 0.305 e. The molecule has 0 fully saturated rings. The van der Waals surface area contributed by atoms with Crippen LogP contribution in [0.3, 0.4) is 0 Å². The Bertz CT molecular complexity index is 663. The normalized spacial score (nSPS) is 18.0. The Morgan fingerprint density at radius 1 is 1.28 bits per heavy atom. The number of hydrogen-bond donors (Lipinski definition) is 1. The molecule has 164 valence electrons. The fourth-order valence-electron chi connectivity index (χ4n) is 4.03. The highest BCUT2D eigenvalue weighted by molar-refractivity contribution is 7.47. The number of carbonyl (C=O) groups excluding carboxylic acids is 1. The third-order valence-electron chi connectivity index (χ3n) is 5.52. The summed E-state index contributed by atoms with van der Waals surface area (Å²) in [5.74, 6) is 0.417. The van der Waals surface area contributed by atoms with Crippen LogP contribution in [-0.2, 0) is 18.6 Å². The first-order valence-electron chi connectivity index (χ1n) is 10.4. The molecule has 0 saturated carbocycles.